The lowest BCUT2D eigenvalue weighted by Gasteiger charge is -2.12. The van der Waals surface area contributed by atoms with Gasteiger partial charge in [-0.05, 0) is 24.1 Å². The molecule has 3 rings (SSSR count). The molecule has 2 heterocycles. The number of fused-ring (bicyclic) bond motifs is 3. The average Bonchev–Trinajstić information content (AvgIpc) is 2.88. The molecule has 0 fully saturated rings. The molecular formula is C16H19N3O3. The summed E-state index contributed by atoms with van der Waals surface area (Å²) in [6.45, 7) is 2.76. The number of ether oxygens (including phenoxy) is 1. The van der Waals surface area contributed by atoms with Crippen LogP contribution < -0.4 is 21.3 Å². The predicted octanol–water partition coefficient (Wildman–Crippen LogP) is 0.605. The highest BCUT2D eigenvalue weighted by Gasteiger charge is 2.26. The van der Waals surface area contributed by atoms with Gasteiger partial charge < -0.3 is 20.8 Å². The van der Waals surface area contributed by atoms with Gasteiger partial charge in [-0.3, -0.25) is 9.59 Å². The first kappa shape index (κ1) is 14.6. The van der Waals surface area contributed by atoms with Crippen LogP contribution in [0.5, 0.6) is 5.75 Å². The third-order valence-corrected chi connectivity index (χ3v) is 3.87. The molecule has 0 bridgehead atoms. The molecule has 1 atom stereocenters. The van der Waals surface area contributed by atoms with Gasteiger partial charge in [-0.2, -0.15) is 0 Å². The molecule has 1 aromatic carbocycles. The highest BCUT2D eigenvalue weighted by Crippen LogP contribution is 2.36. The molecule has 2 aromatic rings. The number of carbonyl (C=O) groups is 1. The van der Waals surface area contributed by atoms with E-state index >= 15 is 0 Å². The van der Waals surface area contributed by atoms with Crippen molar-refractivity contribution in [3.05, 3.63) is 39.7 Å². The number of nitrogens with one attached hydrogen (secondary N) is 2. The van der Waals surface area contributed by atoms with Crippen LogP contribution in [0.1, 0.15) is 17.5 Å². The van der Waals surface area contributed by atoms with Crippen LogP contribution in [-0.2, 0) is 11.2 Å². The molecule has 6 heteroatoms. The molecule has 1 aliphatic heterocycles. The Hall–Kier alpha value is -2.34. The normalized spacial score (nSPS) is 16.4. The Bertz CT molecular complexity index is 782. The number of aryl methyl sites for hydroxylation is 1. The van der Waals surface area contributed by atoms with Crippen molar-refractivity contribution in [1.29, 1.82) is 0 Å². The zero-order valence-electron chi connectivity index (χ0n) is 12.4. The quantitative estimate of drug-likeness (QED) is 0.770. The molecule has 1 unspecified atom stereocenters. The van der Waals surface area contributed by atoms with Crippen LogP contribution in [0.15, 0.2) is 23.0 Å². The Balaban J connectivity index is 1.83. The monoisotopic (exact) mass is 301 g/mol. The highest BCUT2D eigenvalue weighted by atomic mass is 16.5. The summed E-state index contributed by atoms with van der Waals surface area (Å²) < 4.78 is 5.98. The van der Waals surface area contributed by atoms with E-state index in [4.69, 9.17) is 10.5 Å². The fraction of sp³-hybridized carbons (Fsp3) is 0.375. The number of aromatic nitrogens is 1. The minimum absolute atomic E-state index is 0.0626. The average molecular weight is 301 g/mol. The number of benzene rings is 1. The second-order valence-electron chi connectivity index (χ2n) is 5.58. The van der Waals surface area contributed by atoms with Crippen molar-refractivity contribution in [1.82, 2.24) is 10.3 Å². The van der Waals surface area contributed by atoms with Gasteiger partial charge in [0, 0.05) is 30.8 Å². The Kier molecular flexibility index (Phi) is 3.85. The number of nitrogens with two attached hydrogens (primary N) is 1. The molecule has 6 nitrogen and oxygen atoms in total. The Morgan fingerprint density at radius 1 is 1.50 bits per heavy atom. The zero-order valence-corrected chi connectivity index (χ0v) is 12.4. The Morgan fingerprint density at radius 3 is 3.09 bits per heavy atom. The molecule has 22 heavy (non-hydrogen) atoms. The largest absolute Gasteiger partial charge is 0.487 e. The number of aromatic amines is 1. The molecule has 0 saturated carbocycles. The van der Waals surface area contributed by atoms with Gasteiger partial charge in [0.05, 0.1) is 12.1 Å². The SMILES string of the molecule is Cc1cc2c(c3ccc(=O)[nH]c13)OC(CNC(=O)CCN)C2. The van der Waals surface area contributed by atoms with E-state index in [0.717, 1.165) is 34.2 Å². The predicted molar refractivity (Wildman–Crippen MR) is 84.1 cm³/mol. The van der Waals surface area contributed by atoms with E-state index in [0.29, 0.717) is 19.5 Å². The minimum Gasteiger partial charge on any atom is -0.487 e. The van der Waals surface area contributed by atoms with E-state index in [1.807, 2.05) is 13.0 Å². The van der Waals surface area contributed by atoms with E-state index in [1.54, 1.807) is 6.07 Å². The van der Waals surface area contributed by atoms with Crippen LogP contribution in [0.25, 0.3) is 10.9 Å². The first-order valence-electron chi connectivity index (χ1n) is 7.37. The summed E-state index contributed by atoms with van der Waals surface area (Å²) in [4.78, 5) is 25.8. The number of H-pyrrole nitrogens is 1. The fourth-order valence-corrected chi connectivity index (χ4v) is 2.85. The molecule has 1 aromatic heterocycles. The van der Waals surface area contributed by atoms with Crippen molar-refractivity contribution in [2.75, 3.05) is 13.1 Å². The number of hydrogen-bond acceptors (Lipinski definition) is 4. The maximum absolute atomic E-state index is 11.5. The third-order valence-electron chi connectivity index (χ3n) is 3.87. The van der Waals surface area contributed by atoms with Crippen LogP contribution in [0.2, 0.25) is 0 Å². The van der Waals surface area contributed by atoms with Crippen molar-refractivity contribution in [2.45, 2.75) is 25.9 Å². The van der Waals surface area contributed by atoms with E-state index in [-0.39, 0.29) is 17.6 Å². The second-order valence-corrected chi connectivity index (χ2v) is 5.58. The summed E-state index contributed by atoms with van der Waals surface area (Å²) in [6.07, 6.45) is 0.977. The lowest BCUT2D eigenvalue weighted by atomic mass is 10.0. The molecule has 0 spiro atoms. The second kappa shape index (κ2) is 5.81. The smallest absolute Gasteiger partial charge is 0.248 e. The Labute approximate surface area is 127 Å². The molecule has 0 aliphatic carbocycles. The summed E-state index contributed by atoms with van der Waals surface area (Å²) in [6, 6.07) is 5.33. The van der Waals surface area contributed by atoms with Gasteiger partial charge in [-0.25, -0.2) is 0 Å². The van der Waals surface area contributed by atoms with Gasteiger partial charge in [0.1, 0.15) is 11.9 Å². The minimum atomic E-state index is -0.126. The van der Waals surface area contributed by atoms with Crippen molar-refractivity contribution in [3.8, 4) is 5.75 Å². The zero-order chi connectivity index (χ0) is 15.7. The van der Waals surface area contributed by atoms with E-state index < -0.39 is 0 Å². The number of carbonyl (C=O) groups excluding carboxylic acids is 1. The van der Waals surface area contributed by atoms with Crippen LogP contribution in [-0.4, -0.2) is 30.1 Å². The van der Waals surface area contributed by atoms with Crippen molar-refractivity contribution >= 4 is 16.8 Å². The standard InChI is InChI=1S/C16H19N3O3/c1-9-6-10-7-11(8-18-13(20)4-5-17)22-16(10)12-2-3-14(21)19-15(9)12/h2-3,6,11H,4-5,7-8,17H2,1H3,(H,18,20)(H,19,21). The highest BCUT2D eigenvalue weighted by molar-refractivity contribution is 5.89. The number of pyridine rings is 1. The first-order valence-corrected chi connectivity index (χ1v) is 7.37. The molecule has 0 saturated heterocycles. The first-order chi connectivity index (χ1) is 10.6. The lowest BCUT2D eigenvalue weighted by molar-refractivity contribution is -0.121. The maximum atomic E-state index is 11.5. The Morgan fingerprint density at radius 2 is 2.32 bits per heavy atom. The molecular weight excluding hydrogens is 282 g/mol. The lowest BCUT2D eigenvalue weighted by Crippen LogP contribution is -2.35. The van der Waals surface area contributed by atoms with Crippen molar-refractivity contribution < 1.29 is 9.53 Å². The van der Waals surface area contributed by atoms with Crippen LogP contribution in [0.3, 0.4) is 0 Å². The van der Waals surface area contributed by atoms with Crippen LogP contribution in [0.4, 0.5) is 0 Å². The summed E-state index contributed by atoms with van der Waals surface area (Å²) in [5.41, 5.74) is 8.15. The molecule has 1 amide bonds. The summed E-state index contributed by atoms with van der Waals surface area (Å²) in [7, 11) is 0. The third kappa shape index (κ3) is 2.69. The summed E-state index contributed by atoms with van der Waals surface area (Å²) in [5.74, 6) is 0.738. The fourth-order valence-electron chi connectivity index (χ4n) is 2.85. The van der Waals surface area contributed by atoms with Gasteiger partial charge in [-0.1, -0.05) is 6.07 Å². The number of hydrogen-bond donors (Lipinski definition) is 3. The van der Waals surface area contributed by atoms with Crippen LogP contribution in [0, 0.1) is 6.92 Å². The van der Waals surface area contributed by atoms with Gasteiger partial charge in [0.25, 0.3) is 0 Å². The number of rotatable bonds is 4. The molecule has 0 radical (unpaired) electrons. The van der Waals surface area contributed by atoms with Crippen LogP contribution >= 0.6 is 0 Å². The summed E-state index contributed by atoms with van der Waals surface area (Å²) >= 11 is 0. The maximum Gasteiger partial charge on any atom is 0.248 e. The molecule has 1 aliphatic rings. The van der Waals surface area contributed by atoms with E-state index in [9.17, 15) is 9.59 Å². The molecule has 4 N–H and O–H groups in total. The molecule has 116 valence electrons. The van der Waals surface area contributed by atoms with Gasteiger partial charge in [0.15, 0.2) is 0 Å². The summed E-state index contributed by atoms with van der Waals surface area (Å²) in [5, 5.41) is 3.74. The topological polar surface area (TPSA) is 97.2 Å². The van der Waals surface area contributed by atoms with Crippen molar-refractivity contribution in [3.63, 3.8) is 0 Å². The number of amides is 1. The van der Waals surface area contributed by atoms with Gasteiger partial charge in [-0.15, -0.1) is 0 Å². The van der Waals surface area contributed by atoms with E-state index in [2.05, 4.69) is 10.3 Å². The van der Waals surface area contributed by atoms with Gasteiger partial charge in [0.2, 0.25) is 11.5 Å². The van der Waals surface area contributed by atoms with E-state index in [1.165, 1.54) is 6.07 Å². The van der Waals surface area contributed by atoms with Crippen molar-refractivity contribution in [2.24, 2.45) is 5.73 Å². The van der Waals surface area contributed by atoms with Gasteiger partial charge >= 0.3 is 0 Å².